The molecular weight excluding hydrogens is 244 g/mol. The van der Waals surface area contributed by atoms with E-state index in [2.05, 4.69) is 41.5 Å². The van der Waals surface area contributed by atoms with Crippen LogP contribution in [0.1, 0.15) is 50.5 Å². The molecule has 3 rings (SSSR count). The number of benzene rings is 1. The first-order valence-corrected chi connectivity index (χ1v) is 7.95. The molecule has 1 fully saturated rings. The quantitative estimate of drug-likeness (QED) is 0.841. The summed E-state index contributed by atoms with van der Waals surface area (Å²) in [5.41, 5.74) is 2.60. The van der Waals surface area contributed by atoms with Crippen molar-refractivity contribution in [1.82, 2.24) is 10.3 Å². The van der Waals surface area contributed by atoms with Gasteiger partial charge in [-0.2, -0.15) is 0 Å². The Bertz CT molecular complexity index is 564. The normalized spacial score (nSPS) is 23.6. The Morgan fingerprint density at radius 1 is 1.20 bits per heavy atom. The lowest BCUT2D eigenvalue weighted by atomic mass is 9.89. The number of aromatic nitrogens is 1. The van der Waals surface area contributed by atoms with Gasteiger partial charge in [-0.05, 0) is 55.5 Å². The van der Waals surface area contributed by atoms with E-state index in [0.717, 1.165) is 12.1 Å². The maximum absolute atomic E-state index is 4.42. The monoisotopic (exact) mass is 268 g/mol. The SMILES string of the molecule is CCNC1CCCCC(c2ccc3ncccc3c2)C1. The lowest BCUT2D eigenvalue weighted by molar-refractivity contribution is 0.449. The fourth-order valence-corrected chi connectivity index (χ4v) is 3.49. The minimum Gasteiger partial charge on any atom is -0.314 e. The van der Waals surface area contributed by atoms with Crippen LogP contribution in [0.25, 0.3) is 10.9 Å². The molecule has 20 heavy (non-hydrogen) atoms. The first-order chi connectivity index (χ1) is 9.86. The molecule has 0 spiro atoms. The van der Waals surface area contributed by atoms with Crippen LogP contribution in [0.2, 0.25) is 0 Å². The van der Waals surface area contributed by atoms with Gasteiger partial charge in [0.05, 0.1) is 5.52 Å². The van der Waals surface area contributed by atoms with E-state index >= 15 is 0 Å². The molecule has 1 aromatic heterocycles. The number of rotatable bonds is 3. The second-order valence-corrected chi connectivity index (χ2v) is 5.93. The first-order valence-electron chi connectivity index (χ1n) is 7.95. The minimum absolute atomic E-state index is 0.692. The summed E-state index contributed by atoms with van der Waals surface area (Å²) in [4.78, 5) is 4.42. The molecule has 1 aromatic carbocycles. The van der Waals surface area contributed by atoms with Crippen molar-refractivity contribution in [3.63, 3.8) is 0 Å². The van der Waals surface area contributed by atoms with Gasteiger partial charge < -0.3 is 5.32 Å². The van der Waals surface area contributed by atoms with Gasteiger partial charge in [-0.15, -0.1) is 0 Å². The lowest BCUT2D eigenvalue weighted by Crippen LogP contribution is -2.29. The number of nitrogens with zero attached hydrogens (tertiary/aromatic N) is 1. The highest BCUT2D eigenvalue weighted by molar-refractivity contribution is 5.79. The highest BCUT2D eigenvalue weighted by atomic mass is 14.9. The summed E-state index contributed by atoms with van der Waals surface area (Å²) in [5.74, 6) is 0.700. The van der Waals surface area contributed by atoms with E-state index < -0.39 is 0 Å². The average Bonchev–Trinajstić information content (AvgIpc) is 2.73. The van der Waals surface area contributed by atoms with Crippen LogP contribution in [0.15, 0.2) is 36.5 Å². The molecule has 0 radical (unpaired) electrons. The maximum atomic E-state index is 4.42. The zero-order valence-corrected chi connectivity index (χ0v) is 12.3. The van der Waals surface area contributed by atoms with Crippen molar-refractivity contribution in [2.75, 3.05) is 6.54 Å². The Hall–Kier alpha value is -1.41. The van der Waals surface area contributed by atoms with Gasteiger partial charge in [-0.25, -0.2) is 0 Å². The Kier molecular flexibility index (Phi) is 4.31. The summed E-state index contributed by atoms with van der Waals surface area (Å²) in [6.45, 7) is 3.29. The molecule has 2 aromatic rings. The Morgan fingerprint density at radius 3 is 3.00 bits per heavy atom. The van der Waals surface area contributed by atoms with E-state index in [4.69, 9.17) is 0 Å². The van der Waals surface area contributed by atoms with Gasteiger partial charge in [0.1, 0.15) is 0 Å². The highest BCUT2D eigenvalue weighted by Gasteiger charge is 2.21. The van der Waals surface area contributed by atoms with E-state index in [0.29, 0.717) is 12.0 Å². The molecule has 1 aliphatic carbocycles. The third-order valence-electron chi connectivity index (χ3n) is 4.52. The van der Waals surface area contributed by atoms with Crippen LogP contribution in [0.3, 0.4) is 0 Å². The van der Waals surface area contributed by atoms with Gasteiger partial charge in [0, 0.05) is 17.6 Å². The van der Waals surface area contributed by atoms with Gasteiger partial charge in [-0.1, -0.05) is 31.9 Å². The summed E-state index contributed by atoms with van der Waals surface area (Å²) in [5, 5.41) is 4.92. The maximum Gasteiger partial charge on any atom is 0.0702 e. The van der Waals surface area contributed by atoms with E-state index in [-0.39, 0.29) is 0 Å². The van der Waals surface area contributed by atoms with Crippen molar-refractivity contribution in [1.29, 1.82) is 0 Å². The van der Waals surface area contributed by atoms with Crippen molar-refractivity contribution in [3.05, 3.63) is 42.1 Å². The Balaban J connectivity index is 1.84. The largest absolute Gasteiger partial charge is 0.314 e. The van der Waals surface area contributed by atoms with Crippen LogP contribution in [-0.2, 0) is 0 Å². The predicted octanol–water partition coefficient (Wildman–Crippen LogP) is 4.26. The van der Waals surface area contributed by atoms with Crippen molar-refractivity contribution in [2.24, 2.45) is 0 Å². The molecule has 1 heterocycles. The minimum atomic E-state index is 0.692. The summed E-state index contributed by atoms with van der Waals surface area (Å²) in [6.07, 6.45) is 8.53. The predicted molar refractivity (Wildman–Crippen MR) is 85.0 cm³/mol. The molecule has 2 heteroatoms. The van der Waals surface area contributed by atoms with E-state index in [1.807, 2.05) is 12.3 Å². The molecule has 0 aliphatic heterocycles. The molecule has 0 amide bonds. The van der Waals surface area contributed by atoms with Crippen molar-refractivity contribution in [3.8, 4) is 0 Å². The second kappa shape index (κ2) is 6.36. The van der Waals surface area contributed by atoms with Gasteiger partial charge >= 0.3 is 0 Å². The van der Waals surface area contributed by atoms with Crippen LogP contribution >= 0.6 is 0 Å². The van der Waals surface area contributed by atoms with Gasteiger partial charge in [0.15, 0.2) is 0 Å². The number of pyridine rings is 1. The molecular formula is C18H24N2. The zero-order chi connectivity index (χ0) is 13.8. The Morgan fingerprint density at radius 2 is 2.10 bits per heavy atom. The molecule has 1 N–H and O–H groups in total. The number of nitrogens with one attached hydrogen (secondary N) is 1. The van der Waals surface area contributed by atoms with Crippen LogP contribution < -0.4 is 5.32 Å². The molecule has 106 valence electrons. The van der Waals surface area contributed by atoms with E-state index in [9.17, 15) is 0 Å². The number of hydrogen-bond acceptors (Lipinski definition) is 2. The van der Waals surface area contributed by atoms with Gasteiger partial charge in [0.2, 0.25) is 0 Å². The Labute approximate surface area is 121 Å². The third-order valence-corrected chi connectivity index (χ3v) is 4.52. The topological polar surface area (TPSA) is 24.9 Å². The molecule has 0 saturated heterocycles. The third kappa shape index (κ3) is 3.01. The summed E-state index contributed by atoms with van der Waals surface area (Å²) >= 11 is 0. The molecule has 2 nitrogen and oxygen atoms in total. The highest BCUT2D eigenvalue weighted by Crippen LogP contribution is 2.33. The van der Waals surface area contributed by atoms with Gasteiger partial charge in [0.25, 0.3) is 0 Å². The summed E-state index contributed by atoms with van der Waals surface area (Å²) in [6, 6.07) is 11.7. The van der Waals surface area contributed by atoms with E-state index in [1.54, 1.807) is 0 Å². The summed E-state index contributed by atoms with van der Waals surface area (Å²) < 4.78 is 0. The summed E-state index contributed by atoms with van der Waals surface area (Å²) in [7, 11) is 0. The van der Waals surface area contributed by atoms with Crippen LogP contribution in [0.5, 0.6) is 0 Å². The smallest absolute Gasteiger partial charge is 0.0702 e. The van der Waals surface area contributed by atoms with Crippen molar-refractivity contribution < 1.29 is 0 Å². The second-order valence-electron chi connectivity index (χ2n) is 5.93. The molecule has 0 bridgehead atoms. The first kappa shape index (κ1) is 13.6. The molecule has 1 saturated carbocycles. The molecule has 2 atom stereocenters. The average molecular weight is 268 g/mol. The van der Waals surface area contributed by atoms with Crippen molar-refractivity contribution >= 4 is 10.9 Å². The molecule has 1 aliphatic rings. The standard InChI is InChI=1S/C18H24N2/c1-2-19-17-8-4-3-6-14(13-17)15-9-10-18-16(12-15)7-5-11-20-18/h5,7,9-12,14,17,19H,2-4,6,8,13H2,1H3. The van der Waals surface area contributed by atoms with Crippen LogP contribution in [0, 0.1) is 0 Å². The van der Waals surface area contributed by atoms with Crippen molar-refractivity contribution in [2.45, 2.75) is 51.0 Å². The van der Waals surface area contributed by atoms with Gasteiger partial charge in [-0.3, -0.25) is 4.98 Å². The fraction of sp³-hybridized carbons (Fsp3) is 0.500. The lowest BCUT2D eigenvalue weighted by Gasteiger charge is -2.21. The number of hydrogen-bond donors (Lipinski definition) is 1. The van der Waals surface area contributed by atoms with Crippen LogP contribution in [0.4, 0.5) is 0 Å². The molecule has 2 unspecified atom stereocenters. The fourth-order valence-electron chi connectivity index (χ4n) is 3.49. The van der Waals surface area contributed by atoms with Crippen LogP contribution in [-0.4, -0.2) is 17.6 Å². The number of fused-ring (bicyclic) bond motifs is 1. The van der Waals surface area contributed by atoms with E-state index in [1.165, 1.54) is 43.1 Å². The zero-order valence-electron chi connectivity index (χ0n) is 12.3.